The van der Waals surface area contributed by atoms with Gasteiger partial charge >= 0.3 is 11.7 Å². The van der Waals surface area contributed by atoms with E-state index in [0.29, 0.717) is 30.4 Å². The second-order valence-corrected chi connectivity index (χ2v) is 10.1. The minimum atomic E-state index is -0.643. The lowest BCUT2D eigenvalue weighted by Crippen LogP contribution is -2.44. The molecular formula is C28H32N8O4. The highest BCUT2D eigenvalue weighted by Gasteiger charge is 2.27. The predicted molar refractivity (Wildman–Crippen MR) is 152 cm³/mol. The van der Waals surface area contributed by atoms with E-state index in [1.165, 1.54) is 4.57 Å². The first-order valence-electron chi connectivity index (χ1n) is 13.6. The maximum absolute atomic E-state index is 14.0. The molecule has 12 heteroatoms. The summed E-state index contributed by atoms with van der Waals surface area (Å²) < 4.78 is 11.3. The van der Waals surface area contributed by atoms with E-state index in [9.17, 15) is 14.4 Å². The van der Waals surface area contributed by atoms with Crippen molar-refractivity contribution in [2.75, 3.05) is 24.6 Å². The van der Waals surface area contributed by atoms with Gasteiger partial charge in [-0.3, -0.25) is 23.1 Å². The van der Waals surface area contributed by atoms with E-state index in [1.54, 1.807) is 6.92 Å². The normalized spacial score (nSPS) is 15.9. The maximum atomic E-state index is 14.0. The molecule has 1 fully saturated rings. The molecule has 0 saturated carbocycles. The average Bonchev–Trinajstić information content (AvgIpc) is 3.55. The number of hydrogen-bond donors (Lipinski definition) is 1. The number of fused-ring (bicyclic) bond motifs is 4. The molecule has 0 aliphatic carbocycles. The van der Waals surface area contributed by atoms with Crippen molar-refractivity contribution < 1.29 is 9.53 Å². The molecule has 2 N–H and O–H groups in total. The van der Waals surface area contributed by atoms with Crippen LogP contribution in [0.2, 0.25) is 0 Å². The molecule has 0 radical (unpaired) electrons. The third kappa shape index (κ3) is 4.34. The van der Waals surface area contributed by atoms with E-state index in [4.69, 9.17) is 15.5 Å². The average molecular weight is 545 g/mol. The van der Waals surface area contributed by atoms with Crippen molar-refractivity contribution in [3.63, 3.8) is 0 Å². The van der Waals surface area contributed by atoms with Crippen LogP contribution in [0.3, 0.4) is 0 Å². The third-order valence-corrected chi connectivity index (χ3v) is 7.46. The number of nitrogens with two attached hydrogens (primary N) is 1. The van der Waals surface area contributed by atoms with Crippen LogP contribution in [0.15, 0.2) is 52.2 Å². The first kappa shape index (κ1) is 25.8. The van der Waals surface area contributed by atoms with E-state index in [1.807, 2.05) is 63.4 Å². The summed E-state index contributed by atoms with van der Waals surface area (Å²) in [6.45, 7) is 5.15. The Morgan fingerprint density at radius 2 is 1.90 bits per heavy atom. The van der Waals surface area contributed by atoms with Gasteiger partial charge in [0.15, 0.2) is 11.2 Å². The van der Waals surface area contributed by atoms with Crippen LogP contribution in [0, 0.1) is 0 Å². The summed E-state index contributed by atoms with van der Waals surface area (Å²) in [6, 6.07) is 11.8. The Morgan fingerprint density at radius 3 is 2.67 bits per heavy atom. The third-order valence-electron chi connectivity index (χ3n) is 7.46. The van der Waals surface area contributed by atoms with E-state index in [-0.39, 0.29) is 36.9 Å². The monoisotopic (exact) mass is 544 g/mol. The first-order chi connectivity index (χ1) is 19.4. The lowest BCUT2D eigenvalue weighted by molar-refractivity contribution is -0.143. The van der Waals surface area contributed by atoms with Crippen LogP contribution in [-0.4, -0.2) is 59.8 Å². The summed E-state index contributed by atoms with van der Waals surface area (Å²) in [4.78, 5) is 51.8. The van der Waals surface area contributed by atoms with Crippen molar-refractivity contribution in [2.45, 2.75) is 52.4 Å². The largest absolute Gasteiger partial charge is 0.465 e. The molecular weight excluding hydrogens is 512 g/mol. The van der Waals surface area contributed by atoms with Gasteiger partial charge in [-0.2, -0.15) is 4.98 Å². The fourth-order valence-corrected chi connectivity index (χ4v) is 5.64. The molecule has 1 unspecified atom stereocenters. The summed E-state index contributed by atoms with van der Waals surface area (Å²) in [5.74, 6) is -0.0124. The van der Waals surface area contributed by atoms with Gasteiger partial charge < -0.3 is 19.9 Å². The van der Waals surface area contributed by atoms with E-state index >= 15 is 0 Å². The van der Waals surface area contributed by atoms with Crippen LogP contribution in [0.5, 0.6) is 0 Å². The molecule has 0 amide bonds. The molecule has 1 saturated heterocycles. The number of nitrogens with zero attached hydrogens (tertiary/aromatic N) is 7. The summed E-state index contributed by atoms with van der Waals surface area (Å²) in [6.07, 6.45) is 3.65. The summed E-state index contributed by atoms with van der Waals surface area (Å²) >= 11 is 0. The van der Waals surface area contributed by atoms with Gasteiger partial charge in [0.25, 0.3) is 5.56 Å². The van der Waals surface area contributed by atoms with Crippen LogP contribution in [0.25, 0.3) is 27.7 Å². The molecule has 4 aromatic heterocycles. The van der Waals surface area contributed by atoms with Crippen molar-refractivity contribution in [3.8, 4) is 0 Å². The number of hydrogen-bond acceptors (Lipinski definition) is 8. The number of esters is 1. The molecule has 1 atom stereocenters. The molecule has 0 spiro atoms. The predicted octanol–water partition coefficient (Wildman–Crippen LogP) is 1.72. The standard InChI is InChI=1S/C28H32N8O4/c1-3-33-24-25(31-27(33)32-13-7-9-19(29)14-32)35(17-23(37)40-4-2)28(39)36(26(24)38)16-20-15-34-21-10-6-5-8-18(21)11-12-22(34)30-20/h5-6,8,10-12,15,19H,3-4,7,9,13-14,16-17,29H2,1-2H3. The number of anilines is 1. The Labute approximate surface area is 229 Å². The molecule has 1 aliphatic rings. The van der Waals surface area contributed by atoms with Crippen molar-refractivity contribution in [1.82, 2.24) is 28.1 Å². The Hall–Kier alpha value is -4.45. The van der Waals surface area contributed by atoms with Gasteiger partial charge in [0.1, 0.15) is 12.2 Å². The molecule has 6 rings (SSSR count). The molecule has 0 bridgehead atoms. The Morgan fingerprint density at radius 1 is 1.07 bits per heavy atom. The van der Waals surface area contributed by atoms with Crippen LogP contribution in [0.1, 0.15) is 32.4 Å². The van der Waals surface area contributed by atoms with Crippen molar-refractivity contribution >= 4 is 39.6 Å². The SMILES string of the molecule is CCOC(=O)Cn1c(=O)n(Cc2cn3c(ccc4ccccc43)n2)c(=O)c2c1nc(N1CCCC(N)C1)n2CC. The second-order valence-electron chi connectivity index (χ2n) is 10.1. The molecule has 5 aromatic rings. The zero-order chi connectivity index (χ0) is 28.0. The zero-order valence-electron chi connectivity index (χ0n) is 22.6. The number of rotatable bonds is 7. The van der Waals surface area contributed by atoms with E-state index < -0.39 is 17.2 Å². The number of ether oxygens (including phenoxy) is 1. The van der Waals surface area contributed by atoms with Gasteiger partial charge in [0, 0.05) is 31.9 Å². The number of imidazole rings is 2. The molecule has 1 aliphatic heterocycles. The van der Waals surface area contributed by atoms with Gasteiger partial charge in [0.05, 0.1) is 24.4 Å². The van der Waals surface area contributed by atoms with Gasteiger partial charge in [-0.05, 0) is 50.3 Å². The number of pyridine rings is 1. The van der Waals surface area contributed by atoms with Gasteiger partial charge in [-0.25, -0.2) is 9.78 Å². The highest BCUT2D eigenvalue weighted by atomic mass is 16.5. The van der Waals surface area contributed by atoms with Crippen LogP contribution in [-0.2, 0) is 29.2 Å². The number of aromatic nitrogens is 6. The van der Waals surface area contributed by atoms with E-state index in [0.717, 1.165) is 34.9 Å². The van der Waals surface area contributed by atoms with Gasteiger partial charge in [0.2, 0.25) is 5.95 Å². The number of para-hydroxylation sites is 1. The minimum Gasteiger partial charge on any atom is -0.465 e. The smallest absolute Gasteiger partial charge is 0.333 e. The molecule has 5 heterocycles. The number of piperidine rings is 1. The number of aryl methyl sites for hydroxylation is 1. The van der Waals surface area contributed by atoms with E-state index in [2.05, 4.69) is 4.98 Å². The zero-order valence-corrected chi connectivity index (χ0v) is 22.6. The molecule has 12 nitrogen and oxygen atoms in total. The highest BCUT2D eigenvalue weighted by Crippen LogP contribution is 2.23. The summed E-state index contributed by atoms with van der Waals surface area (Å²) in [5.41, 5.74) is 7.75. The van der Waals surface area contributed by atoms with Crippen molar-refractivity contribution in [1.29, 1.82) is 0 Å². The fraction of sp³-hybridized carbons (Fsp3) is 0.393. The summed E-state index contributed by atoms with van der Waals surface area (Å²) in [5, 5.41) is 1.05. The lowest BCUT2D eigenvalue weighted by Gasteiger charge is -2.31. The topological polar surface area (TPSA) is 135 Å². The number of carbonyl (C=O) groups excluding carboxylic acids is 1. The second kappa shape index (κ2) is 10.3. The van der Waals surface area contributed by atoms with Crippen LogP contribution >= 0.6 is 0 Å². The Bertz CT molecular complexity index is 1860. The van der Waals surface area contributed by atoms with Crippen LogP contribution in [0.4, 0.5) is 5.95 Å². The van der Waals surface area contributed by atoms with Crippen molar-refractivity contribution in [2.24, 2.45) is 5.73 Å². The Kier molecular flexibility index (Phi) is 6.62. The minimum absolute atomic E-state index is 0.0108. The summed E-state index contributed by atoms with van der Waals surface area (Å²) in [7, 11) is 0. The number of carbonyl (C=O) groups is 1. The Balaban J connectivity index is 1.53. The lowest BCUT2D eigenvalue weighted by atomic mass is 10.1. The quantitative estimate of drug-likeness (QED) is 0.306. The molecule has 208 valence electrons. The molecule has 40 heavy (non-hydrogen) atoms. The molecule has 1 aromatic carbocycles. The van der Waals surface area contributed by atoms with Gasteiger partial charge in [-0.15, -0.1) is 0 Å². The van der Waals surface area contributed by atoms with Crippen molar-refractivity contribution in [3.05, 3.63) is 69.1 Å². The highest BCUT2D eigenvalue weighted by molar-refractivity contribution is 5.82. The fourth-order valence-electron chi connectivity index (χ4n) is 5.64. The maximum Gasteiger partial charge on any atom is 0.333 e. The van der Waals surface area contributed by atoms with Gasteiger partial charge in [-0.1, -0.05) is 18.2 Å². The first-order valence-corrected chi connectivity index (χ1v) is 13.6. The van der Waals surface area contributed by atoms with Crippen LogP contribution < -0.4 is 21.9 Å². The number of benzene rings is 1.